The van der Waals surface area contributed by atoms with Crippen molar-refractivity contribution in [3.05, 3.63) is 110 Å². The number of imide groups is 1. The number of hydrogen-bond donors (Lipinski definition) is 1. The average molecular weight is 628 g/mol. The van der Waals surface area contributed by atoms with E-state index in [0.29, 0.717) is 16.1 Å². The van der Waals surface area contributed by atoms with Crippen molar-refractivity contribution in [1.29, 1.82) is 0 Å². The molecule has 7 nitrogen and oxygen atoms in total. The van der Waals surface area contributed by atoms with E-state index in [0.717, 1.165) is 50.3 Å². The first kappa shape index (κ1) is 28.9. The highest BCUT2D eigenvalue weighted by molar-refractivity contribution is 8.00. The summed E-state index contributed by atoms with van der Waals surface area (Å²) in [4.78, 5) is 54.7. The van der Waals surface area contributed by atoms with E-state index in [1.807, 2.05) is 6.92 Å². The number of benzene rings is 3. The molecule has 0 saturated carbocycles. The van der Waals surface area contributed by atoms with E-state index >= 15 is 0 Å². The van der Waals surface area contributed by atoms with E-state index in [-0.39, 0.29) is 5.03 Å². The number of aryl methyl sites for hydroxylation is 1. The summed E-state index contributed by atoms with van der Waals surface area (Å²) in [7, 11) is 0. The van der Waals surface area contributed by atoms with Crippen LogP contribution in [0.5, 0.6) is 0 Å². The van der Waals surface area contributed by atoms with Crippen LogP contribution < -0.4 is 15.1 Å². The molecule has 13 heteroatoms. The molecule has 0 bridgehead atoms. The van der Waals surface area contributed by atoms with Crippen molar-refractivity contribution in [2.24, 2.45) is 5.92 Å². The Balaban J connectivity index is 1.39. The number of nitrogens with zero attached hydrogens (tertiary/aromatic N) is 2. The van der Waals surface area contributed by atoms with Gasteiger partial charge in [-0.15, -0.1) is 0 Å². The molecule has 4 aromatic rings. The average Bonchev–Trinajstić information content (AvgIpc) is 3.40. The van der Waals surface area contributed by atoms with Crippen molar-refractivity contribution in [2.75, 3.05) is 10.2 Å². The van der Waals surface area contributed by atoms with Crippen molar-refractivity contribution < 1.29 is 31.9 Å². The van der Waals surface area contributed by atoms with Gasteiger partial charge in [0.1, 0.15) is 17.6 Å². The smallest absolute Gasteiger partial charge is 0.324 e. The van der Waals surface area contributed by atoms with Crippen LogP contribution in [0.4, 0.5) is 28.9 Å². The Hall–Kier alpha value is -4.23. The minimum absolute atomic E-state index is 0.261. The number of thiazole rings is 1. The van der Waals surface area contributed by atoms with E-state index in [9.17, 15) is 36.7 Å². The van der Waals surface area contributed by atoms with Crippen LogP contribution in [0.15, 0.2) is 82.6 Å². The fourth-order valence-corrected chi connectivity index (χ4v) is 8.18. The number of para-hydroxylation sites is 1. The van der Waals surface area contributed by atoms with Crippen LogP contribution in [0.1, 0.15) is 27.5 Å². The second-order valence-corrected chi connectivity index (χ2v) is 12.3. The van der Waals surface area contributed by atoms with Crippen LogP contribution in [0.2, 0.25) is 0 Å². The highest BCUT2D eigenvalue weighted by atomic mass is 32.2. The summed E-state index contributed by atoms with van der Waals surface area (Å²) in [5, 5.41) is 1.53. The first-order valence-electron chi connectivity index (χ1n) is 13.0. The van der Waals surface area contributed by atoms with Crippen molar-refractivity contribution in [3.8, 4) is 0 Å². The largest absolute Gasteiger partial charge is 0.418 e. The lowest BCUT2D eigenvalue weighted by molar-refractivity contribution is -0.137. The Bertz CT molecular complexity index is 1820. The van der Waals surface area contributed by atoms with Gasteiger partial charge in [0, 0.05) is 10.8 Å². The van der Waals surface area contributed by atoms with E-state index in [4.69, 9.17) is 0 Å². The molecule has 2 aliphatic rings. The second kappa shape index (κ2) is 10.8. The molecule has 3 unspecified atom stereocenters. The first-order chi connectivity index (χ1) is 20.4. The van der Waals surface area contributed by atoms with Gasteiger partial charge in [-0.2, -0.15) is 13.2 Å². The highest BCUT2D eigenvalue weighted by Gasteiger charge is 2.56. The summed E-state index contributed by atoms with van der Waals surface area (Å²) in [6, 6.07) is 16.8. The molecular formula is C30H21F4N3O4S2. The predicted molar refractivity (Wildman–Crippen MR) is 154 cm³/mol. The maximum Gasteiger partial charge on any atom is 0.418 e. The van der Waals surface area contributed by atoms with Crippen molar-refractivity contribution >= 4 is 52.2 Å². The molecule has 0 spiro atoms. The number of alkyl halides is 3. The third-order valence-electron chi connectivity index (χ3n) is 7.38. The number of anilines is 2. The van der Waals surface area contributed by atoms with Gasteiger partial charge >= 0.3 is 11.0 Å². The third kappa shape index (κ3) is 5.16. The molecule has 0 aliphatic carbocycles. The Morgan fingerprint density at radius 3 is 2.28 bits per heavy atom. The number of carbonyl (C=O) groups excluding carboxylic acids is 3. The molecule has 2 aliphatic heterocycles. The molecule has 1 N–H and O–H groups in total. The summed E-state index contributed by atoms with van der Waals surface area (Å²) < 4.78 is 55.4. The number of rotatable bonds is 5. The molecule has 3 aromatic carbocycles. The van der Waals surface area contributed by atoms with Crippen LogP contribution in [0.3, 0.4) is 0 Å². The van der Waals surface area contributed by atoms with E-state index in [2.05, 4.69) is 5.32 Å². The zero-order valence-corrected chi connectivity index (χ0v) is 23.9. The molecule has 1 saturated heterocycles. The molecular weight excluding hydrogens is 606 g/mol. The molecule has 3 atom stereocenters. The fourth-order valence-electron chi connectivity index (χ4n) is 5.41. The van der Waals surface area contributed by atoms with Gasteiger partial charge in [0.2, 0.25) is 17.7 Å². The molecule has 43 heavy (non-hydrogen) atoms. The summed E-state index contributed by atoms with van der Waals surface area (Å²) in [5.41, 5.74) is 0.321. The number of thioether (sulfide) groups is 1. The number of nitrogens with one attached hydrogen (secondary N) is 1. The van der Waals surface area contributed by atoms with Crippen LogP contribution in [-0.4, -0.2) is 27.5 Å². The Labute approximate surface area is 250 Å². The Morgan fingerprint density at radius 2 is 1.60 bits per heavy atom. The van der Waals surface area contributed by atoms with Crippen molar-refractivity contribution in [2.45, 2.75) is 35.8 Å². The second-order valence-electron chi connectivity index (χ2n) is 10.2. The quantitative estimate of drug-likeness (QED) is 0.223. The van der Waals surface area contributed by atoms with Crippen molar-refractivity contribution in [3.63, 3.8) is 0 Å². The lowest BCUT2D eigenvalue weighted by Gasteiger charge is -2.30. The van der Waals surface area contributed by atoms with Crippen LogP contribution >= 0.6 is 23.1 Å². The molecule has 6 rings (SSSR count). The lowest BCUT2D eigenvalue weighted by Crippen LogP contribution is -2.33. The summed E-state index contributed by atoms with van der Waals surface area (Å²) in [5.74, 6) is -4.09. The van der Waals surface area contributed by atoms with Gasteiger partial charge in [0.05, 0.1) is 27.9 Å². The summed E-state index contributed by atoms with van der Waals surface area (Å²) >= 11 is 1.75. The SMILES string of the molecule is Cc1ccc(N2C(=O)C3Sc4c(sc(=O)n4CC(=O)Nc4ccccc4C(F)(F)F)C(c4ccc(F)cc4)C3C2=O)cc1. The number of carbonyl (C=O) groups is 3. The molecule has 1 aromatic heterocycles. The normalized spacial score (nSPS) is 19.7. The van der Waals surface area contributed by atoms with E-state index in [1.54, 1.807) is 24.3 Å². The van der Waals surface area contributed by atoms with Gasteiger partial charge in [-0.05, 0) is 48.9 Å². The summed E-state index contributed by atoms with van der Waals surface area (Å²) in [6.45, 7) is 1.24. The van der Waals surface area contributed by atoms with Gasteiger partial charge in [-0.1, -0.05) is 65.1 Å². The zero-order chi connectivity index (χ0) is 30.6. The van der Waals surface area contributed by atoms with Crippen LogP contribution in [0.25, 0.3) is 0 Å². The van der Waals surface area contributed by atoms with Gasteiger partial charge in [0.25, 0.3) is 0 Å². The number of fused-ring (bicyclic) bond motifs is 2. The Kier molecular flexibility index (Phi) is 7.25. The molecule has 1 fully saturated rings. The molecule has 0 radical (unpaired) electrons. The van der Waals surface area contributed by atoms with Gasteiger partial charge in [0.15, 0.2) is 0 Å². The van der Waals surface area contributed by atoms with Gasteiger partial charge in [-0.25, -0.2) is 9.29 Å². The maximum absolute atomic E-state index is 13.9. The monoisotopic (exact) mass is 627 g/mol. The number of hydrogen-bond acceptors (Lipinski definition) is 6. The summed E-state index contributed by atoms with van der Waals surface area (Å²) in [6.07, 6.45) is -4.71. The van der Waals surface area contributed by atoms with Gasteiger partial charge in [-0.3, -0.25) is 23.7 Å². The minimum Gasteiger partial charge on any atom is -0.324 e. The molecule has 3 heterocycles. The lowest BCUT2D eigenvalue weighted by atomic mass is 9.83. The fraction of sp³-hybridized carbons (Fsp3) is 0.200. The number of amides is 3. The highest BCUT2D eigenvalue weighted by Crippen LogP contribution is 2.54. The molecule has 220 valence electrons. The first-order valence-corrected chi connectivity index (χ1v) is 14.7. The van der Waals surface area contributed by atoms with E-state index in [1.165, 1.54) is 36.4 Å². The zero-order valence-electron chi connectivity index (χ0n) is 22.2. The molecule has 3 amide bonds. The maximum atomic E-state index is 13.9. The van der Waals surface area contributed by atoms with Crippen molar-refractivity contribution in [1.82, 2.24) is 4.57 Å². The Morgan fingerprint density at radius 1 is 0.930 bits per heavy atom. The standard InChI is InChI=1S/C30H21F4N3O4S2/c1-15-6-12-18(13-7-15)37-26(39)23-22(16-8-10-17(31)11-9-16)25-28(42-24(23)27(37)40)36(29(41)43-25)14-21(38)35-20-5-3-2-4-19(20)30(32,33)34/h2-13,22-24H,14H2,1H3,(H,35,38). The topological polar surface area (TPSA) is 88.5 Å². The van der Waals surface area contributed by atoms with Crippen LogP contribution in [-0.2, 0) is 27.1 Å². The van der Waals surface area contributed by atoms with Gasteiger partial charge < -0.3 is 5.32 Å². The number of halogens is 4. The number of aromatic nitrogens is 1. The van der Waals surface area contributed by atoms with Crippen LogP contribution in [0, 0.1) is 18.7 Å². The third-order valence-corrected chi connectivity index (χ3v) is 9.98. The predicted octanol–water partition coefficient (Wildman–Crippen LogP) is 5.81. The minimum atomic E-state index is -4.71. The van der Waals surface area contributed by atoms with E-state index < -0.39 is 69.5 Å².